The first-order valence-corrected chi connectivity index (χ1v) is 4.95. The third-order valence-corrected chi connectivity index (χ3v) is 2.54. The Balaban J connectivity index is 2.64. The van der Waals surface area contributed by atoms with Gasteiger partial charge < -0.3 is 5.73 Å². The lowest BCUT2D eigenvalue weighted by Gasteiger charge is -2.09. The average molecular weight is 198 g/mol. The summed E-state index contributed by atoms with van der Waals surface area (Å²) in [7, 11) is 0. The SMILES string of the molecule is Cc1ccc(C)c(-c2cnccc2N)c1. The van der Waals surface area contributed by atoms with Gasteiger partial charge in [-0.05, 0) is 31.0 Å². The number of aryl methyl sites for hydroxylation is 2. The van der Waals surface area contributed by atoms with Crippen molar-refractivity contribution in [1.82, 2.24) is 4.98 Å². The second kappa shape index (κ2) is 3.73. The molecule has 2 nitrogen and oxygen atoms in total. The normalized spacial score (nSPS) is 10.3. The van der Waals surface area contributed by atoms with Gasteiger partial charge in [-0.1, -0.05) is 23.8 Å². The Kier molecular flexibility index (Phi) is 2.42. The summed E-state index contributed by atoms with van der Waals surface area (Å²) < 4.78 is 0. The van der Waals surface area contributed by atoms with Crippen molar-refractivity contribution in [2.75, 3.05) is 5.73 Å². The van der Waals surface area contributed by atoms with Gasteiger partial charge in [0, 0.05) is 23.6 Å². The lowest BCUT2D eigenvalue weighted by atomic mass is 9.99. The number of benzene rings is 1. The molecule has 0 saturated carbocycles. The molecule has 0 amide bonds. The van der Waals surface area contributed by atoms with E-state index in [4.69, 9.17) is 5.73 Å². The molecule has 0 unspecified atom stereocenters. The van der Waals surface area contributed by atoms with Crippen LogP contribution in [0, 0.1) is 13.8 Å². The zero-order chi connectivity index (χ0) is 10.8. The van der Waals surface area contributed by atoms with Crippen LogP contribution in [-0.2, 0) is 0 Å². The number of aromatic nitrogens is 1. The minimum Gasteiger partial charge on any atom is -0.398 e. The van der Waals surface area contributed by atoms with Crippen molar-refractivity contribution < 1.29 is 0 Å². The molecule has 2 N–H and O–H groups in total. The van der Waals surface area contributed by atoms with Crippen LogP contribution in [0.25, 0.3) is 11.1 Å². The largest absolute Gasteiger partial charge is 0.398 e. The van der Waals surface area contributed by atoms with Crippen molar-refractivity contribution in [3.05, 3.63) is 47.8 Å². The Morgan fingerprint density at radius 1 is 1.07 bits per heavy atom. The van der Waals surface area contributed by atoms with Gasteiger partial charge in [0.25, 0.3) is 0 Å². The summed E-state index contributed by atoms with van der Waals surface area (Å²) in [5.41, 5.74) is 11.3. The summed E-state index contributed by atoms with van der Waals surface area (Å²) in [6.07, 6.45) is 3.53. The van der Waals surface area contributed by atoms with Crippen molar-refractivity contribution in [3.63, 3.8) is 0 Å². The highest BCUT2D eigenvalue weighted by molar-refractivity contribution is 5.77. The average Bonchev–Trinajstić information content (AvgIpc) is 2.23. The number of nitrogens with zero attached hydrogens (tertiary/aromatic N) is 1. The van der Waals surface area contributed by atoms with E-state index in [0.717, 1.165) is 11.3 Å². The van der Waals surface area contributed by atoms with Gasteiger partial charge in [0.15, 0.2) is 0 Å². The second-order valence-electron chi connectivity index (χ2n) is 3.78. The van der Waals surface area contributed by atoms with Crippen LogP contribution in [-0.4, -0.2) is 4.98 Å². The Bertz CT molecular complexity index is 490. The zero-order valence-electron chi connectivity index (χ0n) is 8.99. The summed E-state index contributed by atoms with van der Waals surface area (Å²) in [4.78, 5) is 4.11. The predicted molar refractivity (Wildman–Crippen MR) is 63.6 cm³/mol. The molecule has 1 heterocycles. The van der Waals surface area contributed by atoms with Gasteiger partial charge in [0.2, 0.25) is 0 Å². The molecule has 1 aromatic carbocycles. The fourth-order valence-corrected chi connectivity index (χ4v) is 1.66. The van der Waals surface area contributed by atoms with E-state index >= 15 is 0 Å². The van der Waals surface area contributed by atoms with Crippen LogP contribution < -0.4 is 5.73 Å². The van der Waals surface area contributed by atoms with E-state index in [9.17, 15) is 0 Å². The van der Waals surface area contributed by atoms with Crippen LogP contribution in [0.1, 0.15) is 11.1 Å². The van der Waals surface area contributed by atoms with E-state index in [-0.39, 0.29) is 0 Å². The Hall–Kier alpha value is -1.83. The smallest absolute Gasteiger partial charge is 0.0424 e. The molecule has 0 saturated heterocycles. The summed E-state index contributed by atoms with van der Waals surface area (Å²) >= 11 is 0. The van der Waals surface area contributed by atoms with E-state index in [0.29, 0.717) is 0 Å². The molecule has 15 heavy (non-hydrogen) atoms. The third kappa shape index (κ3) is 1.84. The Labute approximate surface area is 89.8 Å². The number of pyridine rings is 1. The third-order valence-electron chi connectivity index (χ3n) is 2.54. The highest BCUT2D eigenvalue weighted by Gasteiger charge is 2.05. The van der Waals surface area contributed by atoms with Gasteiger partial charge in [-0.2, -0.15) is 0 Å². The first kappa shape index (κ1) is 9.71. The molecule has 0 fully saturated rings. The monoisotopic (exact) mass is 198 g/mol. The Morgan fingerprint density at radius 2 is 1.87 bits per heavy atom. The maximum absolute atomic E-state index is 5.93. The molecule has 0 aliphatic rings. The molecule has 0 bridgehead atoms. The van der Waals surface area contributed by atoms with Crippen LogP contribution >= 0.6 is 0 Å². The highest BCUT2D eigenvalue weighted by atomic mass is 14.7. The van der Waals surface area contributed by atoms with E-state index in [1.807, 2.05) is 12.3 Å². The molecule has 76 valence electrons. The van der Waals surface area contributed by atoms with Gasteiger partial charge in [0.1, 0.15) is 0 Å². The summed E-state index contributed by atoms with van der Waals surface area (Å²) in [6, 6.07) is 8.18. The molecule has 0 aliphatic heterocycles. The standard InChI is InChI=1S/C13H14N2/c1-9-3-4-10(2)11(7-9)12-8-15-6-5-13(12)14/h3-8H,1-2H3,(H2,14,15). The van der Waals surface area contributed by atoms with Crippen LogP contribution in [0.3, 0.4) is 0 Å². The number of rotatable bonds is 1. The predicted octanol–water partition coefficient (Wildman–Crippen LogP) is 2.95. The topological polar surface area (TPSA) is 38.9 Å². The Morgan fingerprint density at radius 3 is 2.60 bits per heavy atom. The van der Waals surface area contributed by atoms with Crippen LogP contribution in [0.4, 0.5) is 5.69 Å². The lowest BCUT2D eigenvalue weighted by Crippen LogP contribution is -1.93. The zero-order valence-corrected chi connectivity index (χ0v) is 8.99. The van der Waals surface area contributed by atoms with Gasteiger partial charge >= 0.3 is 0 Å². The molecule has 0 atom stereocenters. The van der Waals surface area contributed by atoms with Gasteiger partial charge in [-0.25, -0.2) is 0 Å². The number of hydrogen-bond donors (Lipinski definition) is 1. The highest BCUT2D eigenvalue weighted by Crippen LogP contribution is 2.28. The molecule has 0 aliphatic carbocycles. The van der Waals surface area contributed by atoms with Gasteiger partial charge in [-0.15, -0.1) is 0 Å². The van der Waals surface area contributed by atoms with Crippen molar-refractivity contribution in [2.45, 2.75) is 13.8 Å². The van der Waals surface area contributed by atoms with E-state index < -0.39 is 0 Å². The fourth-order valence-electron chi connectivity index (χ4n) is 1.66. The first-order chi connectivity index (χ1) is 7.18. The molecule has 2 aromatic rings. The van der Waals surface area contributed by atoms with E-state index in [2.05, 4.69) is 37.0 Å². The van der Waals surface area contributed by atoms with Crippen molar-refractivity contribution in [3.8, 4) is 11.1 Å². The molecule has 1 aromatic heterocycles. The van der Waals surface area contributed by atoms with Crippen molar-refractivity contribution >= 4 is 5.69 Å². The summed E-state index contributed by atoms with van der Waals surface area (Å²) in [6.45, 7) is 4.16. The second-order valence-corrected chi connectivity index (χ2v) is 3.78. The fraction of sp³-hybridized carbons (Fsp3) is 0.154. The first-order valence-electron chi connectivity index (χ1n) is 4.95. The van der Waals surface area contributed by atoms with Crippen molar-refractivity contribution in [2.24, 2.45) is 0 Å². The number of nitrogens with two attached hydrogens (primary N) is 1. The maximum Gasteiger partial charge on any atom is 0.0424 e. The molecule has 0 radical (unpaired) electrons. The molecule has 2 heteroatoms. The maximum atomic E-state index is 5.93. The molecule has 2 rings (SSSR count). The minimum atomic E-state index is 0.777. The lowest BCUT2D eigenvalue weighted by molar-refractivity contribution is 1.31. The molecular weight excluding hydrogens is 184 g/mol. The molecular formula is C13H14N2. The number of nitrogen functional groups attached to an aromatic ring is 1. The summed E-state index contributed by atoms with van der Waals surface area (Å²) in [5.74, 6) is 0. The number of anilines is 1. The minimum absolute atomic E-state index is 0.777. The number of hydrogen-bond acceptors (Lipinski definition) is 2. The van der Waals surface area contributed by atoms with Crippen LogP contribution in [0.15, 0.2) is 36.7 Å². The van der Waals surface area contributed by atoms with Gasteiger partial charge in [0.05, 0.1) is 0 Å². The summed E-state index contributed by atoms with van der Waals surface area (Å²) in [5, 5.41) is 0. The molecule has 0 spiro atoms. The van der Waals surface area contributed by atoms with Crippen LogP contribution in [0.2, 0.25) is 0 Å². The quantitative estimate of drug-likeness (QED) is 0.765. The van der Waals surface area contributed by atoms with Crippen molar-refractivity contribution in [1.29, 1.82) is 0 Å². The van der Waals surface area contributed by atoms with E-state index in [1.165, 1.54) is 16.7 Å². The van der Waals surface area contributed by atoms with Gasteiger partial charge in [-0.3, -0.25) is 4.98 Å². The van der Waals surface area contributed by atoms with Crippen LogP contribution in [0.5, 0.6) is 0 Å². The van der Waals surface area contributed by atoms with E-state index in [1.54, 1.807) is 6.20 Å².